The van der Waals surface area contributed by atoms with Crippen molar-refractivity contribution in [1.82, 2.24) is 15.5 Å². The molecule has 1 aliphatic heterocycles. The van der Waals surface area contributed by atoms with Crippen molar-refractivity contribution in [2.24, 2.45) is 10.9 Å². The van der Waals surface area contributed by atoms with Gasteiger partial charge in [-0.1, -0.05) is 13.8 Å². The van der Waals surface area contributed by atoms with E-state index in [0.29, 0.717) is 0 Å². The van der Waals surface area contributed by atoms with Gasteiger partial charge in [0.2, 0.25) is 0 Å². The van der Waals surface area contributed by atoms with E-state index in [0.717, 1.165) is 31.4 Å². The Morgan fingerprint density at radius 3 is 2.74 bits per heavy atom. The third-order valence-corrected chi connectivity index (χ3v) is 5.42. The van der Waals surface area contributed by atoms with Crippen molar-refractivity contribution >= 4 is 41.3 Å². The molecule has 2 heterocycles. The van der Waals surface area contributed by atoms with E-state index < -0.39 is 0 Å². The van der Waals surface area contributed by atoms with Crippen molar-refractivity contribution in [2.45, 2.75) is 39.7 Å². The van der Waals surface area contributed by atoms with E-state index in [-0.39, 0.29) is 24.0 Å². The van der Waals surface area contributed by atoms with E-state index in [1.54, 1.807) is 0 Å². The predicted molar refractivity (Wildman–Crippen MR) is 112 cm³/mol. The van der Waals surface area contributed by atoms with Gasteiger partial charge in [-0.25, -0.2) is 0 Å². The van der Waals surface area contributed by atoms with Gasteiger partial charge in [0.25, 0.3) is 0 Å². The van der Waals surface area contributed by atoms with Crippen molar-refractivity contribution < 1.29 is 0 Å². The summed E-state index contributed by atoms with van der Waals surface area (Å²) in [7, 11) is 1.85. The van der Waals surface area contributed by atoms with Crippen LogP contribution in [-0.4, -0.2) is 44.1 Å². The minimum absolute atomic E-state index is 0. The second-order valence-electron chi connectivity index (χ2n) is 5.98. The molecule has 0 aromatic carbocycles. The molecule has 0 amide bonds. The summed E-state index contributed by atoms with van der Waals surface area (Å²) in [6.45, 7) is 10.0. The number of hydrogen-bond donors (Lipinski definition) is 2. The highest BCUT2D eigenvalue weighted by Gasteiger charge is 2.21. The summed E-state index contributed by atoms with van der Waals surface area (Å²) < 4.78 is 0. The first-order valence-corrected chi connectivity index (χ1v) is 9.31. The summed E-state index contributed by atoms with van der Waals surface area (Å²) in [6.07, 6.45) is 3.67. The number of aryl methyl sites for hydroxylation is 1. The molecule has 1 fully saturated rings. The summed E-state index contributed by atoms with van der Waals surface area (Å²) in [5, 5.41) is 6.90. The van der Waals surface area contributed by atoms with Crippen LogP contribution < -0.4 is 10.6 Å². The van der Waals surface area contributed by atoms with E-state index >= 15 is 0 Å². The molecule has 6 heteroatoms. The highest BCUT2D eigenvalue weighted by molar-refractivity contribution is 14.0. The number of nitrogens with zero attached hydrogens (tertiary/aromatic N) is 2. The van der Waals surface area contributed by atoms with E-state index in [1.807, 2.05) is 18.4 Å². The third kappa shape index (κ3) is 6.97. The Labute approximate surface area is 162 Å². The number of aliphatic imine (C=N–C) groups is 1. The zero-order chi connectivity index (χ0) is 15.8. The van der Waals surface area contributed by atoms with Crippen LogP contribution in [0.1, 0.15) is 36.4 Å². The highest BCUT2D eigenvalue weighted by Crippen LogP contribution is 2.17. The van der Waals surface area contributed by atoms with Gasteiger partial charge in [-0.2, -0.15) is 0 Å². The molecule has 1 aliphatic rings. The van der Waals surface area contributed by atoms with Crippen LogP contribution in [-0.2, 0) is 13.0 Å². The van der Waals surface area contributed by atoms with Gasteiger partial charge in [0.1, 0.15) is 0 Å². The largest absolute Gasteiger partial charge is 0.356 e. The zero-order valence-electron chi connectivity index (χ0n) is 14.6. The molecule has 0 aliphatic carbocycles. The molecule has 1 saturated heterocycles. The summed E-state index contributed by atoms with van der Waals surface area (Å²) in [4.78, 5) is 9.72. The molecular weight excluding hydrogens is 419 g/mol. The van der Waals surface area contributed by atoms with E-state index in [9.17, 15) is 0 Å². The lowest BCUT2D eigenvalue weighted by Gasteiger charge is -2.16. The molecule has 23 heavy (non-hydrogen) atoms. The van der Waals surface area contributed by atoms with Gasteiger partial charge < -0.3 is 15.5 Å². The average molecular weight is 450 g/mol. The van der Waals surface area contributed by atoms with Gasteiger partial charge in [-0.05, 0) is 50.4 Å². The second kappa shape index (κ2) is 11.3. The molecule has 0 spiro atoms. The summed E-state index contributed by atoms with van der Waals surface area (Å²) >= 11 is 1.88. The maximum Gasteiger partial charge on any atom is 0.191 e. The van der Waals surface area contributed by atoms with Crippen molar-refractivity contribution in [2.75, 3.05) is 33.2 Å². The van der Waals surface area contributed by atoms with Crippen LogP contribution in [0.2, 0.25) is 0 Å². The predicted octanol–water partition coefficient (Wildman–Crippen LogP) is 3.33. The Hall–Kier alpha value is -0.340. The van der Waals surface area contributed by atoms with Gasteiger partial charge >= 0.3 is 0 Å². The van der Waals surface area contributed by atoms with Crippen LogP contribution in [0, 0.1) is 5.92 Å². The first-order chi connectivity index (χ1) is 10.7. The van der Waals surface area contributed by atoms with Crippen molar-refractivity contribution in [1.29, 1.82) is 0 Å². The molecule has 0 radical (unpaired) electrons. The summed E-state index contributed by atoms with van der Waals surface area (Å²) in [5.74, 6) is 1.67. The first kappa shape index (κ1) is 20.7. The Morgan fingerprint density at radius 1 is 1.30 bits per heavy atom. The number of halogens is 1. The molecule has 2 rings (SSSR count). The van der Waals surface area contributed by atoms with Crippen LogP contribution in [0.25, 0.3) is 0 Å². The first-order valence-electron chi connectivity index (χ1n) is 8.49. The molecule has 1 aromatic heterocycles. The fraction of sp³-hybridized carbons (Fsp3) is 0.706. The summed E-state index contributed by atoms with van der Waals surface area (Å²) in [6, 6.07) is 4.43. The molecule has 132 valence electrons. The van der Waals surface area contributed by atoms with Crippen molar-refractivity contribution in [3.05, 3.63) is 21.9 Å². The number of guanidine groups is 1. The lowest BCUT2D eigenvalue weighted by molar-refractivity contribution is 0.324. The Bertz CT molecular complexity index is 475. The Morgan fingerprint density at radius 2 is 2.09 bits per heavy atom. The smallest absolute Gasteiger partial charge is 0.191 e. The zero-order valence-corrected chi connectivity index (χ0v) is 17.7. The molecular formula is C17H31IN4S. The minimum Gasteiger partial charge on any atom is -0.356 e. The monoisotopic (exact) mass is 450 g/mol. The van der Waals surface area contributed by atoms with E-state index in [2.05, 4.69) is 46.5 Å². The van der Waals surface area contributed by atoms with Crippen molar-refractivity contribution in [3.63, 3.8) is 0 Å². The fourth-order valence-electron chi connectivity index (χ4n) is 2.94. The molecule has 2 N–H and O–H groups in total. The fourth-order valence-corrected chi connectivity index (χ4v) is 3.84. The van der Waals surface area contributed by atoms with E-state index in [4.69, 9.17) is 0 Å². The molecule has 0 saturated carbocycles. The van der Waals surface area contributed by atoms with Gasteiger partial charge in [-0.15, -0.1) is 35.3 Å². The molecule has 1 unspecified atom stereocenters. The number of thiophene rings is 1. The van der Waals surface area contributed by atoms with E-state index in [1.165, 1.54) is 42.2 Å². The van der Waals surface area contributed by atoms with Crippen LogP contribution >= 0.6 is 35.3 Å². The van der Waals surface area contributed by atoms with Crippen LogP contribution in [0.15, 0.2) is 17.1 Å². The number of nitrogens with one attached hydrogen (secondary N) is 2. The van der Waals surface area contributed by atoms with Crippen LogP contribution in [0.5, 0.6) is 0 Å². The highest BCUT2D eigenvalue weighted by atomic mass is 127. The van der Waals surface area contributed by atoms with Gasteiger partial charge in [0.15, 0.2) is 5.96 Å². The average Bonchev–Trinajstić information content (AvgIpc) is 3.17. The third-order valence-electron chi connectivity index (χ3n) is 4.19. The standard InChI is InChI=1S/C17H30N4S.HI/c1-4-9-21-10-8-14(13-21)11-19-17(18-3)20-12-16-7-6-15(5-2)22-16;/h6-7,14H,4-5,8-13H2,1-3H3,(H2,18,19,20);1H. The lowest BCUT2D eigenvalue weighted by atomic mass is 10.1. The maximum atomic E-state index is 4.33. The maximum absolute atomic E-state index is 4.33. The van der Waals surface area contributed by atoms with Gasteiger partial charge in [0.05, 0.1) is 6.54 Å². The summed E-state index contributed by atoms with van der Waals surface area (Å²) in [5.41, 5.74) is 0. The molecule has 1 atom stereocenters. The van der Waals surface area contributed by atoms with Crippen molar-refractivity contribution in [3.8, 4) is 0 Å². The van der Waals surface area contributed by atoms with Gasteiger partial charge in [-0.3, -0.25) is 4.99 Å². The topological polar surface area (TPSA) is 39.7 Å². The molecule has 4 nitrogen and oxygen atoms in total. The number of hydrogen-bond acceptors (Lipinski definition) is 3. The quantitative estimate of drug-likeness (QED) is 0.381. The lowest BCUT2D eigenvalue weighted by Crippen LogP contribution is -2.39. The van der Waals surface area contributed by atoms with Crippen LogP contribution in [0.4, 0.5) is 0 Å². The number of rotatable bonds is 7. The molecule has 1 aromatic rings. The minimum atomic E-state index is 0. The Balaban J connectivity index is 0.00000264. The second-order valence-corrected chi connectivity index (χ2v) is 7.24. The SMILES string of the molecule is CCCN1CCC(CNC(=NC)NCc2ccc(CC)s2)C1.I. The van der Waals surface area contributed by atoms with Crippen LogP contribution in [0.3, 0.4) is 0 Å². The molecule has 0 bridgehead atoms. The Kier molecular flexibility index (Phi) is 10.1. The normalized spacial score (nSPS) is 18.7. The number of likely N-dealkylation sites (tertiary alicyclic amines) is 1. The van der Waals surface area contributed by atoms with Gasteiger partial charge in [0, 0.05) is 29.9 Å².